The number of aryl methyl sites for hydroxylation is 1. The molecule has 0 amide bonds. The van der Waals surface area contributed by atoms with Crippen molar-refractivity contribution >= 4 is 0 Å². The zero-order valence-electron chi connectivity index (χ0n) is 11.7. The number of likely N-dealkylation sites (N-methyl/N-ethyl adjacent to an activating group) is 1. The predicted octanol–water partition coefficient (Wildman–Crippen LogP) is 1.18. The first-order valence-electron chi connectivity index (χ1n) is 6.68. The minimum Gasteiger partial charge on any atom is -0.390 e. The molecule has 1 atom stereocenters. The number of rotatable bonds is 8. The van der Waals surface area contributed by atoms with Gasteiger partial charge in [0.2, 0.25) is 0 Å². The van der Waals surface area contributed by atoms with Crippen molar-refractivity contribution in [1.29, 1.82) is 0 Å². The van der Waals surface area contributed by atoms with E-state index in [4.69, 9.17) is 0 Å². The van der Waals surface area contributed by atoms with Crippen molar-refractivity contribution in [2.24, 2.45) is 0 Å². The maximum Gasteiger partial charge on any atom is 0.0791 e. The highest BCUT2D eigenvalue weighted by Gasteiger charge is 2.08. The van der Waals surface area contributed by atoms with Crippen molar-refractivity contribution in [2.75, 3.05) is 26.2 Å². The Morgan fingerprint density at radius 3 is 2.61 bits per heavy atom. The third-order valence-electron chi connectivity index (χ3n) is 3.05. The van der Waals surface area contributed by atoms with Gasteiger partial charge in [0.1, 0.15) is 0 Å². The summed E-state index contributed by atoms with van der Waals surface area (Å²) in [4.78, 5) is 6.46. The molecule has 0 bridgehead atoms. The van der Waals surface area contributed by atoms with E-state index in [2.05, 4.69) is 35.1 Å². The SMILES string of the molecule is CCN(CC)CC(O)CNCc1ccc(C)nc1. The van der Waals surface area contributed by atoms with Crippen LogP contribution < -0.4 is 5.32 Å². The fraction of sp³-hybridized carbons (Fsp3) is 0.643. The van der Waals surface area contributed by atoms with E-state index in [1.807, 2.05) is 19.2 Å². The number of aliphatic hydroxyl groups excluding tert-OH is 1. The molecular weight excluding hydrogens is 226 g/mol. The van der Waals surface area contributed by atoms with Gasteiger partial charge in [0, 0.05) is 31.5 Å². The van der Waals surface area contributed by atoms with E-state index in [0.717, 1.165) is 37.4 Å². The maximum atomic E-state index is 9.88. The molecule has 1 aromatic heterocycles. The molecular formula is C14H25N3O. The van der Waals surface area contributed by atoms with Gasteiger partial charge in [-0.15, -0.1) is 0 Å². The molecule has 1 heterocycles. The van der Waals surface area contributed by atoms with E-state index in [9.17, 15) is 5.11 Å². The topological polar surface area (TPSA) is 48.4 Å². The molecule has 0 saturated carbocycles. The van der Waals surface area contributed by atoms with Crippen molar-refractivity contribution < 1.29 is 5.11 Å². The summed E-state index contributed by atoms with van der Waals surface area (Å²) < 4.78 is 0. The summed E-state index contributed by atoms with van der Waals surface area (Å²) in [6.45, 7) is 10.3. The molecule has 0 aliphatic rings. The van der Waals surface area contributed by atoms with Gasteiger partial charge >= 0.3 is 0 Å². The van der Waals surface area contributed by atoms with Gasteiger partial charge in [-0.05, 0) is 31.6 Å². The Bertz CT molecular complexity index is 322. The summed E-state index contributed by atoms with van der Waals surface area (Å²) in [6.07, 6.45) is 1.56. The van der Waals surface area contributed by atoms with Crippen LogP contribution in [-0.2, 0) is 6.54 Å². The fourth-order valence-electron chi connectivity index (χ4n) is 1.83. The van der Waals surface area contributed by atoms with Crippen molar-refractivity contribution in [3.63, 3.8) is 0 Å². The van der Waals surface area contributed by atoms with Gasteiger partial charge in [0.25, 0.3) is 0 Å². The fourth-order valence-corrected chi connectivity index (χ4v) is 1.83. The second-order valence-electron chi connectivity index (χ2n) is 4.58. The lowest BCUT2D eigenvalue weighted by Crippen LogP contribution is -2.38. The average molecular weight is 251 g/mol. The van der Waals surface area contributed by atoms with Crippen LogP contribution >= 0.6 is 0 Å². The number of aliphatic hydroxyl groups is 1. The number of nitrogens with zero attached hydrogens (tertiary/aromatic N) is 2. The third-order valence-corrected chi connectivity index (χ3v) is 3.05. The highest BCUT2D eigenvalue weighted by Crippen LogP contribution is 1.99. The molecule has 1 aromatic rings. The molecule has 0 radical (unpaired) electrons. The lowest BCUT2D eigenvalue weighted by atomic mass is 10.2. The van der Waals surface area contributed by atoms with Crippen LogP contribution in [0.1, 0.15) is 25.1 Å². The van der Waals surface area contributed by atoms with Crippen molar-refractivity contribution in [1.82, 2.24) is 15.2 Å². The molecule has 18 heavy (non-hydrogen) atoms. The average Bonchev–Trinajstić information content (AvgIpc) is 2.38. The summed E-state index contributed by atoms with van der Waals surface area (Å²) in [6, 6.07) is 4.06. The van der Waals surface area contributed by atoms with Gasteiger partial charge in [0.15, 0.2) is 0 Å². The summed E-state index contributed by atoms with van der Waals surface area (Å²) in [5.74, 6) is 0. The summed E-state index contributed by atoms with van der Waals surface area (Å²) in [5.41, 5.74) is 2.18. The highest BCUT2D eigenvalue weighted by molar-refractivity contribution is 5.12. The molecule has 0 aliphatic carbocycles. The molecule has 102 valence electrons. The quantitative estimate of drug-likeness (QED) is 0.728. The largest absolute Gasteiger partial charge is 0.390 e. The van der Waals surface area contributed by atoms with Gasteiger partial charge in [-0.3, -0.25) is 4.98 Å². The van der Waals surface area contributed by atoms with Crippen molar-refractivity contribution in [2.45, 2.75) is 33.4 Å². The summed E-state index contributed by atoms with van der Waals surface area (Å²) in [5, 5.41) is 13.1. The molecule has 0 aromatic carbocycles. The number of hydrogen-bond donors (Lipinski definition) is 2. The van der Waals surface area contributed by atoms with Crippen LogP contribution in [0.3, 0.4) is 0 Å². The van der Waals surface area contributed by atoms with Crippen LogP contribution in [0.5, 0.6) is 0 Å². The molecule has 0 saturated heterocycles. The molecule has 4 heteroatoms. The minimum absolute atomic E-state index is 0.316. The van der Waals surface area contributed by atoms with Crippen molar-refractivity contribution in [3.8, 4) is 0 Å². The Morgan fingerprint density at radius 2 is 2.06 bits per heavy atom. The molecule has 2 N–H and O–H groups in total. The Kier molecular flexibility index (Phi) is 6.86. The zero-order valence-corrected chi connectivity index (χ0v) is 11.7. The molecule has 0 aliphatic heterocycles. The van der Waals surface area contributed by atoms with Crippen LogP contribution in [0.15, 0.2) is 18.3 Å². The first kappa shape index (κ1) is 15.1. The van der Waals surface area contributed by atoms with Crippen LogP contribution in [0.4, 0.5) is 0 Å². The smallest absolute Gasteiger partial charge is 0.0791 e. The number of pyridine rings is 1. The van der Waals surface area contributed by atoms with E-state index in [1.54, 1.807) is 0 Å². The van der Waals surface area contributed by atoms with Crippen LogP contribution in [-0.4, -0.2) is 47.3 Å². The molecule has 0 spiro atoms. The number of hydrogen-bond acceptors (Lipinski definition) is 4. The molecule has 1 unspecified atom stereocenters. The second kappa shape index (κ2) is 8.19. The minimum atomic E-state index is -0.316. The van der Waals surface area contributed by atoms with Gasteiger partial charge in [-0.25, -0.2) is 0 Å². The third kappa shape index (κ3) is 5.58. The van der Waals surface area contributed by atoms with E-state index in [1.165, 1.54) is 0 Å². The number of aromatic nitrogens is 1. The van der Waals surface area contributed by atoms with E-state index < -0.39 is 0 Å². The van der Waals surface area contributed by atoms with Gasteiger partial charge in [0.05, 0.1) is 6.10 Å². The first-order valence-corrected chi connectivity index (χ1v) is 6.68. The van der Waals surface area contributed by atoms with Crippen LogP contribution in [0.2, 0.25) is 0 Å². The zero-order chi connectivity index (χ0) is 13.4. The number of nitrogens with one attached hydrogen (secondary N) is 1. The monoisotopic (exact) mass is 251 g/mol. The maximum absolute atomic E-state index is 9.88. The van der Waals surface area contributed by atoms with E-state index in [0.29, 0.717) is 6.54 Å². The van der Waals surface area contributed by atoms with Gasteiger partial charge < -0.3 is 15.3 Å². The first-order chi connectivity index (χ1) is 8.65. The highest BCUT2D eigenvalue weighted by atomic mass is 16.3. The van der Waals surface area contributed by atoms with Gasteiger partial charge in [-0.1, -0.05) is 19.9 Å². The van der Waals surface area contributed by atoms with Crippen LogP contribution in [0.25, 0.3) is 0 Å². The molecule has 1 rings (SSSR count). The van der Waals surface area contributed by atoms with E-state index in [-0.39, 0.29) is 6.10 Å². The predicted molar refractivity (Wildman–Crippen MR) is 74.5 cm³/mol. The van der Waals surface area contributed by atoms with Crippen molar-refractivity contribution in [3.05, 3.63) is 29.6 Å². The normalized spacial score (nSPS) is 12.9. The second-order valence-corrected chi connectivity index (χ2v) is 4.58. The Labute approximate surface area is 110 Å². The standard InChI is InChI=1S/C14H25N3O/c1-4-17(5-2)11-14(18)10-15-8-13-7-6-12(3)16-9-13/h6-7,9,14-15,18H,4-5,8,10-11H2,1-3H3. The Balaban J connectivity index is 2.22. The Hall–Kier alpha value is -0.970. The van der Waals surface area contributed by atoms with Crippen LogP contribution in [0, 0.1) is 6.92 Å². The molecule has 4 nitrogen and oxygen atoms in total. The summed E-state index contributed by atoms with van der Waals surface area (Å²) >= 11 is 0. The lowest BCUT2D eigenvalue weighted by Gasteiger charge is -2.22. The van der Waals surface area contributed by atoms with E-state index >= 15 is 0 Å². The Morgan fingerprint density at radius 1 is 1.33 bits per heavy atom. The lowest BCUT2D eigenvalue weighted by molar-refractivity contribution is 0.116. The van der Waals surface area contributed by atoms with Gasteiger partial charge in [-0.2, -0.15) is 0 Å². The summed E-state index contributed by atoms with van der Waals surface area (Å²) in [7, 11) is 0. The molecule has 0 fully saturated rings.